The maximum atomic E-state index is 11.9. The number of fused-ring (bicyclic) bond motifs is 1. The zero-order chi connectivity index (χ0) is 15.5. The Morgan fingerprint density at radius 2 is 2.27 bits per heavy atom. The van der Waals surface area contributed by atoms with Crippen molar-refractivity contribution < 1.29 is 14.1 Å². The van der Waals surface area contributed by atoms with Crippen LogP contribution in [0.5, 0.6) is 5.88 Å². The molecule has 112 valence electrons. The first-order chi connectivity index (χ1) is 10.7. The third-order valence-electron chi connectivity index (χ3n) is 2.88. The van der Waals surface area contributed by atoms with Crippen LogP contribution in [0.1, 0.15) is 5.76 Å². The average Bonchev–Trinajstić information content (AvgIpc) is 2.95. The molecule has 0 aliphatic carbocycles. The summed E-state index contributed by atoms with van der Waals surface area (Å²) in [6.45, 7) is 0. The summed E-state index contributed by atoms with van der Waals surface area (Å²) >= 11 is 0. The summed E-state index contributed by atoms with van der Waals surface area (Å²) in [7, 11) is 1.45. The third-order valence-corrected chi connectivity index (χ3v) is 2.88. The number of methoxy groups -OCH3 is 1. The Balaban J connectivity index is 1.76. The number of ether oxygens (including phenoxy) is 1. The highest BCUT2D eigenvalue weighted by Crippen LogP contribution is 2.13. The molecule has 1 amide bonds. The maximum absolute atomic E-state index is 11.9. The minimum Gasteiger partial charge on any atom is -0.479 e. The fourth-order valence-corrected chi connectivity index (χ4v) is 1.86. The van der Waals surface area contributed by atoms with Gasteiger partial charge in [0.05, 0.1) is 37.0 Å². The van der Waals surface area contributed by atoms with Gasteiger partial charge in [-0.2, -0.15) is 0 Å². The number of aromatic amines is 1. The van der Waals surface area contributed by atoms with Crippen molar-refractivity contribution in [3.63, 3.8) is 0 Å². The summed E-state index contributed by atoms with van der Waals surface area (Å²) in [5, 5.41) is 6.52. The Bertz CT molecular complexity index is 885. The summed E-state index contributed by atoms with van der Waals surface area (Å²) in [4.78, 5) is 34.1. The van der Waals surface area contributed by atoms with E-state index in [-0.39, 0.29) is 23.7 Å². The predicted octanol–water partition coefficient (Wildman–Crippen LogP) is 0.496. The second-order valence-corrected chi connectivity index (χ2v) is 4.38. The van der Waals surface area contributed by atoms with Gasteiger partial charge in [0.2, 0.25) is 5.91 Å². The van der Waals surface area contributed by atoms with Crippen molar-refractivity contribution in [2.24, 2.45) is 0 Å². The van der Waals surface area contributed by atoms with Gasteiger partial charge in [0.25, 0.3) is 11.4 Å². The fourth-order valence-electron chi connectivity index (χ4n) is 1.86. The first-order valence-electron chi connectivity index (χ1n) is 6.28. The van der Waals surface area contributed by atoms with E-state index in [1.54, 1.807) is 0 Å². The summed E-state index contributed by atoms with van der Waals surface area (Å²) in [6.07, 6.45) is 2.68. The van der Waals surface area contributed by atoms with Crippen molar-refractivity contribution in [3.05, 3.63) is 40.8 Å². The molecule has 0 aromatic carbocycles. The van der Waals surface area contributed by atoms with Crippen LogP contribution in [0.2, 0.25) is 0 Å². The number of nitrogens with zero attached hydrogens (tertiary/aromatic N) is 3. The normalized spacial score (nSPS) is 10.6. The monoisotopic (exact) mass is 301 g/mol. The standard InChI is InChI=1S/C13H11N5O4/c1-21-12-3-7(22-18-12)2-11(19)17-10-4-8-9(5-14-10)15-6-16-13(8)20/h3-6H,2H2,1H3,(H,14,17,19)(H,15,16,20). The molecule has 3 aromatic heterocycles. The van der Waals surface area contributed by atoms with Gasteiger partial charge in [0.1, 0.15) is 11.6 Å². The number of hydrogen-bond acceptors (Lipinski definition) is 7. The Hall–Kier alpha value is -3.23. The Morgan fingerprint density at radius 3 is 3.05 bits per heavy atom. The van der Waals surface area contributed by atoms with Crippen LogP contribution in [0.4, 0.5) is 5.82 Å². The van der Waals surface area contributed by atoms with Crippen LogP contribution in [0, 0.1) is 0 Å². The fraction of sp³-hybridized carbons (Fsp3) is 0.154. The van der Waals surface area contributed by atoms with Crippen molar-refractivity contribution in [2.75, 3.05) is 12.4 Å². The minimum atomic E-state index is -0.356. The molecule has 0 aliphatic rings. The van der Waals surface area contributed by atoms with Crippen molar-refractivity contribution in [3.8, 4) is 5.88 Å². The second kappa shape index (κ2) is 5.64. The van der Waals surface area contributed by atoms with Crippen LogP contribution in [0.15, 0.2) is 34.0 Å². The van der Waals surface area contributed by atoms with Gasteiger partial charge in [0, 0.05) is 6.07 Å². The molecule has 0 fully saturated rings. The quantitative estimate of drug-likeness (QED) is 0.719. The number of anilines is 1. The highest BCUT2D eigenvalue weighted by Gasteiger charge is 2.11. The summed E-state index contributed by atoms with van der Waals surface area (Å²) in [5.41, 5.74) is 0.143. The molecule has 3 aromatic rings. The number of carbonyl (C=O) groups excluding carboxylic acids is 1. The average molecular weight is 301 g/mol. The van der Waals surface area contributed by atoms with Crippen LogP contribution in [-0.4, -0.2) is 33.1 Å². The van der Waals surface area contributed by atoms with Crippen LogP contribution in [-0.2, 0) is 11.2 Å². The Kier molecular flexibility index (Phi) is 3.52. The minimum absolute atomic E-state index is 0.0283. The van der Waals surface area contributed by atoms with Crippen molar-refractivity contribution >= 4 is 22.6 Å². The first kappa shape index (κ1) is 13.7. The van der Waals surface area contributed by atoms with E-state index in [0.29, 0.717) is 22.5 Å². The van der Waals surface area contributed by atoms with Gasteiger partial charge in [-0.3, -0.25) is 9.59 Å². The molecule has 22 heavy (non-hydrogen) atoms. The summed E-state index contributed by atoms with van der Waals surface area (Å²) in [6, 6.07) is 2.97. The lowest BCUT2D eigenvalue weighted by Crippen LogP contribution is -2.16. The van der Waals surface area contributed by atoms with Crippen LogP contribution in [0.3, 0.4) is 0 Å². The molecule has 3 heterocycles. The zero-order valence-electron chi connectivity index (χ0n) is 11.5. The molecule has 0 spiro atoms. The van der Waals surface area contributed by atoms with Gasteiger partial charge in [-0.05, 0) is 11.2 Å². The molecule has 0 unspecified atom stereocenters. The number of H-pyrrole nitrogens is 1. The number of aromatic nitrogens is 4. The molecule has 0 bridgehead atoms. The molecule has 0 saturated carbocycles. The number of amides is 1. The molecule has 0 atom stereocenters. The van der Waals surface area contributed by atoms with Gasteiger partial charge >= 0.3 is 0 Å². The van der Waals surface area contributed by atoms with E-state index < -0.39 is 0 Å². The SMILES string of the molecule is COc1cc(CC(=O)Nc2cc3c(=O)[nH]cnc3cn2)on1. The number of rotatable bonds is 4. The second-order valence-electron chi connectivity index (χ2n) is 4.38. The molecule has 0 saturated heterocycles. The molecule has 3 rings (SSSR count). The zero-order valence-corrected chi connectivity index (χ0v) is 11.5. The molecule has 0 radical (unpaired) electrons. The molecule has 0 aliphatic heterocycles. The van der Waals surface area contributed by atoms with Crippen molar-refractivity contribution in [1.82, 2.24) is 20.1 Å². The Morgan fingerprint density at radius 1 is 1.41 bits per heavy atom. The molecule has 9 nitrogen and oxygen atoms in total. The molecular formula is C13H11N5O4. The number of nitrogens with one attached hydrogen (secondary N) is 2. The van der Waals surface area contributed by atoms with Gasteiger partial charge in [-0.25, -0.2) is 9.97 Å². The number of carbonyl (C=O) groups is 1. The van der Waals surface area contributed by atoms with Gasteiger partial charge in [-0.15, -0.1) is 0 Å². The van der Waals surface area contributed by atoms with E-state index in [0.717, 1.165) is 0 Å². The highest BCUT2D eigenvalue weighted by molar-refractivity contribution is 5.92. The first-order valence-corrected chi connectivity index (χ1v) is 6.28. The van der Waals surface area contributed by atoms with Crippen LogP contribution >= 0.6 is 0 Å². The summed E-state index contributed by atoms with van der Waals surface area (Å²) in [5.74, 6) is 0.548. The predicted molar refractivity (Wildman–Crippen MR) is 75.5 cm³/mol. The lowest BCUT2D eigenvalue weighted by molar-refractivity contribution is -0.115. The molecule has 2 N–H and O–H groups in total. The third kappa shape index (κ3) is 2.77. The van der Waals surface area contributed by atoms with Gasteiger partial charge < -0.3 is 19.6 Å². The maximum Gasteiger partial charge on any atom is 0.258 e. The number of hydrogen-bond donors (Lipinski definition) is 2. The van der Waals surface area contributed by atoms with Crippen molar-refractivity contribution in [1.29, 1.82) is 0 Å². The molecular weight excluding hydrogens is 290 g/mol. The van der Waals surface area contributed by atoms with Crippen molar-refractivity contribution in [2.45, 2.75) is 6.42 Å². The van der Waals surface area contributed by atoms with E-state index in [2.05, 4.69) is 25.4 Å². The van der Waals surface area contributed by atoms with Gasteiger partial charge in [0.15, 0.2) is 0 Å². The lowest BCUT2D eigenvalue weighted by Gasteiger charge is -2.03. The topological polar surface area (TPSA) is 123 Å². The van der Waals surface area contributed by atoms with Gasteiger partial charge in [-0.1, -0.05) is 0 Å². The smallest absolute Gasteiger partial charge is 0.258 e. The van der Waals surface area contributed by atoms with Crippen LogP contribution in [0.25, 0.3) is 10.9 Å². The highest BCUT2D eigenvalue weighted by atomic mass is 16.5. The molecule has 9 heteroatoms. The number of pyridine rings is 1. The van der Waals surface area contributed by atoms with E-state index in [4.69, 9.17) is 9.26 Å². The summed E-state index contributed by atoms with van der Waals surface area (Å²) < 4.78 is 9.79. The van der Waals surface area contributed by atoms with E-state index in [1.807, 2.05) is 0 Å². The lowest BCUT2D eigenvalue weighted by atomic mass is 10.3. The van der Waals surface area contributed by atoms with Crippen LogP contribution < -0.4 is 15.6 Å². The van der Waals surface area contributed by atoms with E-state index in [1.165, 1.54) is 31.8 Å². The Labute approximate surface area is 123 Å². The van der Waals surface area contributed by atoms with E-state index in [9.17, 15) is 9.59 Å². The van der Waals surface area contributed by atoms with E-state index >= 15 is 0 Å². The largest absolute Gasteiger partial charge is 0.479 e.